The minimum Gasteiger partial charge on any atom is -0.508 e. The number of hydrogen-bond donors (Lipinski definition) is 2. The normalized spacial score (nSPS) is 20.9. The van der Waals surface area contributed by atoms with Gasteiger partial charge in [-0.1, -0.05) is 12.5 Å². The van der Waals surface area contributed by atoms with E-state index in [-0.39, 0.29) is 11.8 Å². The van der Waals surface area contributed by atoms with Crippen molar-refractivity contribution in [1.82, 2.24) is 5.32 Å². The summed E-state index contributed by atoms with van der Waals surface area (Å²) in [4.78, 5) is 0. The molecule has 5 heteroatoms. The Morgan fingerprint density at radius 3 is 2.61 bits per heavy atom. The van der Waals surface area contributed by atoms with Crippen molar-refractivity contribution < 1.29 is 18.3 Å². The molecule has 2 rings (SSSR count). The van der Waals surface area contributed by atoms with E-state index in [1.54, 1.807) is 0 Å². The molecule has 2 N–H and O–H groups in total. The first-order valence-electron chi connectivity index (χ1n) is 6.09. The Balaban J connectivity index is 2.09. The summed E-state index contributed by atoms with van der Waals surface area (Å²) in [5.41, 5.74) is -0.234. The fraction of sp³-hybridized carbons (Fsp3) is 0.538. The van der Waals surface area contributed by atoms with Crippen molar-refractivity contribution in [2.75, 3.05) is 6.54 Å². The maximum atomic E-state index is 12.4. The Labute approximate surface area is 104 Å². The van der Waals surface area contributed by atoms with Gasteiger partial charge in [0.2, 0.25) is 0 Å². The van der Waals surface area contributed by atoms with Gasteiger partial charge in [-0.2, -0.15) is 13.2 Å². The fourth-order valence-corrected chi connectivity index (χ4v) is 2.28. The zero-order valence-electron chi connectivity index (χ0n) is 9.93. The van der Waals surface area contributed by atoms with Gasteiger partial charge in [-0.15, -0.1) is 0 Å². The third-order valence-electron chi connectivity index (χ3n) is 3.29. The third-order valence-corrected chi connectivity index (χ3v) is 3.29. The molecule has 1 aromatic carbocycles. The van der Waals surface area contributed by atoms with Gasteiger partial charge >= 0.3 is 6.18 Å². The maximum absolute atomic E-state index is 12.4. The van der Waals surface area contributed by atoms with Crippen LogP contribution in [0, 0.1) is 0 Å². The largest absolute Gasteiger partial charge is 0.508 e. The van der Waals surface area contributed by atoms with E-state index in [0.717, 1.165) is 37.9 Å². The highest BCUT2D eigenvalue weighted by atomic mass is 19.4. The summed E-state index contributed by atoms with van der Waals surface area (Å²) in [7, 11) is 0. The number of halogens is 3. The second kappa shape index (κ2) is 5.18. The van der Waals surface area contributed by atoms with Gasteiger partial charge in [0.05, 0.1) is 5.56 Å². The lowest BCUT2D eigenvalue weighted by atomic mass is 9.96. The van der Waals surface area contributed by atoms with E-state index in [0.29, 0.717) is 12.0 Å². The zero-order chi connectivity index (χ0) is 13.2. The van der Waals surface area contributed by atoms with Crippen LogP contribution in [0.25, 0.3) is 0 Å². The summed E-state index contributed by atoms with van der Waals surface area (Å²) in [5, 5.41) is 13.0. The fourth-order valence-electron chi connectivity index (χ4n) is 2.28. The molecule has 1 saturated heterocycles. The first kappa shape index (κ1) is 13.2. The van der Waals surface area contributed by atoms with Crippen molar-refractivity contribution in [3.05, 3.63) is 29.3 Å². The Hall–Kier alpha value is -1.23. The van der Waals surface area contributed by atoms with Gasteiger partial charge in [0.1, 0.15) is 5.75 Å². The Kier molecular flexibility index (Phi) is 3.80. The van der Waals surface area contributed by atoms with Crippen LogP contribution in [0.3, 0.4) is 0 Å². The van der Waals surface area contributed by atoms with Crippen molar-refractivity contribution in [2.45, 2.75) is 37.9 Å². The van der Waals surface area contributed by atoms with Crippen LogP contribution in [0.4, 0.5) is 13.2 Å². The van der Waals surface area contributed by atoms with Crippen molar-refractivity contribution in [1.29, 1.82) is 0 Å². The van der Waals surface area contributed by atoms with Gasteiger partial charge in [-0.3, -0.25) is 0 Å². The molecule has 1 unspecified atom stereocenters. The second-order valence-electron chi connectivity index (χ2n) is 4.69. The number of aromatic hydroxyl groups is 1. The van der Waals surface area contributed by atoms with Crippen LogP contribution in [0.15, 0.2) is 18.2 Å². The summed E-state index contributed by atoms with van der Waals surface area (Å²) < 4.78 is 37.3. The number of nitrogens with one attached hydrogen (secondary N) is 1. The Bertz CT molecular complexity index is 411. The third kappa shape index (κ3) is 3.16. The number of rotatable bonds is 2. The van der Waals surface area contributed by atoms with Crippen LogP contribution < -0.4 is 5.32 Å². The van der Waals surface area contributed by atoms with Gasteiger partial charge < -0.3 is 10.4 Å². The zero-order valence-corrected chi connectivity index (χ0v) is 9.93. The molecule has 1 aliphatic heterocycles. The average molecular weight is 259 g/mol. The van der Waals surface area contributed by atoms with E-state index >= 15 is 0 Å². The lowest BCUT2D eigenvalue weighted by Crippen LogP contribution is -2.35. The molecule has 0 radical (unpaired) electrons. The molecule has 0 aliphatic carbocycles. The maximum Gasteiger partial charge on any atom is 0.416 e. The minimum atomic E-state index is -4.40. The first-order chi connectivity index (χ1) is 8.47. The predicted molar refractivity (Wildman–Crippen MR) is 62.5 cm³/mol. The summed E-state index contributed by atoms with van der Waals surface area (Å²) in [6.07, 6.45) is -0.571. The van der Waals surface area contributed by atoms with Gasteiger partial charge in [0, 0.05) is 6.04 Å². The molecule has 1 heterocycles. The summed E-state index contributed by atoms with van der Waals surface area (Å²) in [6.45, 7) is 0.937. The van der Waals surface area contributed by atoms with Gasteiger partial charge in [0.25, 0.3) is 0 Å². The van der Waals surface area contributed by atoms with Crippen molar-refractivity contribution in [3.8, 4) is 5.75 Å². The number of phenolic OH excluding ortho intramolecular Hbond substituents is 1. The number of benzene rings is 1. The van der Waals surface area contributed by atoms with Gasteiger partial charge in [0.15, 0.2) is 0 Å². The minimum absolute atomic E-state index is 0.251. The van der Waals surface area contributed by atoms with E-state index in [1.165, 1.54) is 6.07 Å². The SMILES string of the molecule is Oc1cc(C(F)(F)F)ccc1CC1CCCCN1. The topological polar surface area (TPSA) is 32.3 Å². The molecule has 0 aromatic heterocycles. The molecule has 0 spiro atoms. The monoisotopic (exact) mass is 259 g/mol. The highest BCUT2D eigenvalue weighted by molar-refractivity contribution is 5.38. The smallest absolute Gasteiger partial charge is 0.416 e. The Morgan fingerprint density at radius 2 is 2.06 bits per heavy atom. The molecule has 0 amide bonds. The van der Waals surface area contributed by atoms with E-state index in [4.69, 9.17) is 0 Å². The summed E-state index contributed by atoms with van der Waals surface area (Å²) in [5.74, 6) is -0.266. The van der Waals surface area contributed by atoms with Crippen molar-refractivity contribution >= 4 is 0 Å². The molecular weight excluding hydrogens is 243 g/mol. The second-order valence-corrected chi connectivity index (χ2v) is 4.69. The van der Waals surface area contributed by atoms with Crippen LogP contribution in [0.5, 0.6) is 5.75 Å². The number of alkyl halides is 3. The first-order valence-corrected chi connectivity index (χ1v) is 6.09. The molecule has 0 saturated carbocycles. The summed E-state index contributed by atoms with van der Waals surface area (Å²) >= 11 is 0. The lowest BCUT2D eigenvalue weighted by molar-refractivity contribution is -0.137. The Morgan fingerprint density at radius 1 is 1.28 bits per heavy atom. The molecule has 1 fully saturated rings. The molecule has 1 aliphatic rings. The van der Waals surface area contributed by atoms with Crippen LogP contribution in [-0.2, 0) is 12.6 Å². The van der Waals surface area contributed by atoms with E-state index in [2.05, 4.69) is 5.32 Å². The molecule has 18 heavy (non-hydrogen) atoms. The molecular formula is C13H16F3NO. The van der Waals surface area contributed by atoms with E-state index < -0.39 is 11.7 Å². The molecule has 0 bridgehead atoms. The standard InChI is InChI=1S/C13H16F3NO/c14-13(15,16)10-5-4-9(12(18)8-10)7-11-3-1-2-6-17-11/h4-5,8,11,17-18H,1-3,6-7H2. The van der Waals surface area contributed by atoms with Crippen LogP contribution >= 0.6 is 0 Å². The van der Waals surface area contributed by atoms with Gasteiger partial charge in [-0.25, -0.2) is 0 Å². The number of phenols is 1. The van der Waals surface area contributed by atoms with Crippen molar-refractivity contribution in [3.63, 3.8) is 0 Å². The predicted octanol–water partition coefficient (Wildman–Crippen LogP) is 3.10. The molecule has 100 valence electrons. The highest BCUT2D eigenvalue weighted by Gasteiger charge is 2.31. The number of piperidine rings is 1. The van der Waals surface area contributed by atoms with Crippen LogP contribution in [-0.4, -0.2) is 17.7 Å². The van der Waals surface area contributed by atoms with Gasteiger partial charge in [-0.05, 0) is 43.5 Å². The highest BCUT2D eigenvalue weighted by Crippen LogP contribution is 2.33. The van der Waals surface area contributed by atoms with Crippen LogP contribution in [0.2, 0.25) is 0 Å². The summed E-state index contributed by atoms with van der Waals surface area (Å²) in [6, 6.07) is 3.45. The molecule has 1 atom stereocenters. The molecule has 2 nitrogen and oxygen atoms in total. The van der Waals surface area contributed by atoms with Crippen LogP contribution in [0.1, 0.15) is 30.4 Å². The number of hydrogen-bond acceptors (Lipinski definition) is 2. The molecule has 1 aromatic rings. The van der Waals surface area contributed by atoms with E-state index in [9.17, 15) is 18.3 Å². The van der Waals surface area contributed by atoms with Crippen molar-refractivity contribution in [2.24, 2.45) is 0 Å². The average Bonchev–Trinajstić information content (AvgIpc) is 2.32. The van der Waals surface area contributed by atoms with E-state index in [1.807, 2.05) is 0 Å². The lowest BCUT2D eigenvalue weighted by Gasteiger charge is -2.23. The quantitative estimate of drug-likeness (QED) is 0.855.